The highest BCUT2D eigenvalue weighted by atomic mass is 16.6. The summed E-state index contributed by atoms with van der Waals surface area (Å²) in [5.41, 5.74) is 0.595. The van der Waals surface area contributed by atoms with E-state index in [2.05, 4.69) is 10.6 Å². The lowest BCUT2D eigenvalue weighted by molar-refractivity contribution is -0.384. The molecular formula is C14H18N4O3. The molecule has 2 N–H and O–H groups in total. The van der Waals surface area contributed by atoms with E-state index < -0.39 is 4.92 Å². The predicted molar refractivity (Wildman–Crippen MR) is 78.2 cm³/mol. The zero-order valence-electron chi connectivity index (χ0n) is 11.6. The highest BCUT2D eigenvalue weighted by molar-refractivity contribution is 5.89. The standard InChI is InChI=1S/C14H18N4O3/c19-14(16-11-3-5-12(6-4-11)18(20)21)17-8-10-2-1-7-15-13(10)9-17/h3-6,10,13,15H,1-2,7-9H2,(H,16,19). The van der Waals surface area contributed by atoms with Crippen molar-refractivity contribution in [3.63, 3.8) is 0 Å². The maximum absolute atomic E-state index is 12.2. The third-order valence-corrected chi connectivity index (χ3v) is 4.22. The molecule has 7 nitrogen and oxygen atoms in total. The summed E-state index contributed by atoms with van der Waals surface area (Å²) in [4.78, 5) is 24.2. The lowest BCUT2D eigenvalue weighted by Gasteiger charge is -2.24. The number of hydrogen-bond acceptors (Lipinski definition) is 4. The molecule has 0 aromatic heterocycles. The van der Waals surface area contributed by atoms with Gasteiger partial charge in [-0.05, 0) is 37.4 Å². The van der Waals surface area contributed by atoms with E-state index in [4.69, 9.17) is 0 Å². The maximum atomic E-state index is 12.2. The van der Waals surface area contributed by atoms with Crippen molar-refractivity contribution in [1.82, 2.24) is 10.2 Å². The zero-order chi connectivity index (χ0) is 14.8. The van der Waals surface area contributed by atoms with Gasteiger partial charge in [0.05, 0.1) is 4.92 Å². The summed E-state index contributed by atoms with van der Waals surface area (Å²) in [6.07, 6.45) is 2.33. The number of nitro groups is 1. The first-order chi connectivity index (χ1) is 10.1. The van der Waals surface area contributed by atoms with Gasteiger partial charge in [0, 0.05) is 37.0 Å². The number of nitrogens with one attached hydrogen (secondary N) is 2. The van der Waals surface area contributed by atoms with Gasteiger partial charge in [-0.2, -0.15) is 0 Å². The number of likely N-dealkylation sites (tertiary alicyclic amines) is 1. The Labute approximate surface area is 122 Å². The van der Waals surface area contributed by atoms with Crippen molar-refractivity contribution in [2.75, 3.05) is 25.0 Å². The van der Waals surface area contributed by atoms with Crippen LogP contribution in [0.1, 0.15) is 12.8 Å². The summed E-state index contributed by atoms with van der Waals surface area (Å²) in [7, 11) is 0. The molecular weight excluding hydrogens is 272 g/mol. The number of amides is 2. The highest BCUT2D eigenvalue weighted by Crippen LogP contribution is 2.25. The molecule has 2 aliphatic heterocycles. The number of benzene rings is 1. The number of anilines is 1. The Morgan fingerprint density at radius 2 is 2.10 bits per heavy atom. The van der Waals surface area contributed by atoms with Crippen molar-refractivity contribution >= 4 is 17.4 Å². The predicted octanol–water partition coefficient (Wildman–Crippen LogP) is 1.81. The molecule has 2 fully saturated rings. The quantitative estimate of drug-likeness (QED) is 0.642. The van der Waals surface area contributed by atoms with Crippen LogP contribution in [0.2, 0.25) is 0 Å². The molecule has 0 spiro atoms. The van der Waals surface area contributed by atoms with Gasteiger partial charge in [-0.1, -0.05) is 0 Å². The molecule has 2 heterocycles. The molecule has 0 radical (unpaired) electrons. The van der Waals surface area contributed by atoms with Crippen molar-refractivity contribution in [1.29, 1.82) is 0 Å². The summed E-state index contributed by atoms with van der Waals surface area (Å²) in [6, 6.07) is 6.15. The second-order valence-electron chi connectivity index (χ2n) is 5.60. The Morgan fingerprint density at radius 3 is 2.76 bits per heavy atom. The molecule has 2 aliphatic rings. The number of urea groups is 1. The topological polar surface area (TPSA) is 87.5 Å². The fraction of sp³-hybridized carbons (Fsp3) is 0.500. The Balaban J connectivity index is 1.60. The molecule has 3 rings (SSSR count). The minimum Gasteiger partial charge on any atom is -0.323 e. The molecule has 1 aromatic carbocycles. The van der Waals surface area contributed by atoms with Crippen molar-refractivity contribution in [3.05, 3.63) is 34.4 Å². The Bertz CT molecular complexity index is 532. The monoisotopic (exact) mass is 290 g/mol. The fourth-order valence-electron chi connectivity index (χ4n) is 3.08. The van der Waals surface area contributed by atoms with Crippen molar-refractivity contribution in [2.45, 2.75) is 18.9 Å². The van der Waals surface area contributed by atoms with Crippen LogP contribution < -0.4 is 10.6 Å². The van der Waals surface area contributed by atoms with Gasteiger partial charge in [0.2, 0.25) is 0 Å². The number of nitro benzene ring substituents is 1. The molecule has 112 valence electrons. The van der Waals surface area contributed by atoms with E-state index in [1.165, 1.54) is 25.0 Å². The van der Waals surface area contributed by atoms with E-state index in [1.54, 1.807) is 12.1 Å². The van der Waals surface area contributed by atoms with Crippen LogP contribution in [0, 0.1) is 16.0 Å². The number of non-ortho nitro benzene ring substituents is 1. The maximum Gasteiger partial charge on any atom is 0.321 e. The van der Waals surface area contributed by atoms with E-state index >= 15 is 0 Å². The minimum atomic E-state index is -0.456. The summed E-state index contributed by atoms with van der Waals surface area (Å²) in [6.45, 7) is 2.53. The molecule has 1 aromatic rings. The lowest BCUT2D eigenvalue weighted by Crippen LogP contribution is -2.41. The number of nitrogens with zero attached hydrogens (tertiary/aromatic N) is 2. The molecule has 2 atom stereocenters. The van der Waals surface area contributed by atoms with Gasteiger partial charge in [0.1, 0.15) is 0 Å². The van der Waals surface area contributed by atoms with Gasteiger partial charge in [-0.15, -0.1) is 0 Å². The normalized spacial score (nSPS) is 24.5. The van der Waals surface area contributed by atoms with Gasteiger partial charge < -0.3 is 15.5 Å². The minimum absolute atomic E-state index is 0.0180. The van der Waals surface area contributed by atoms with Gasteiger partial charge in [0.25, 0.3) is 5.69 Å². The summed E-state index contributed by atoms with van der Waals surface area (Å²) < 4.78 is 0. The third kappa shape index (κ3) is 2.97. The molecule has 2 saturated heterocycles. The average molecular weight is 290 g/mol. The fourth-order valence-corrected chi connectivity index (χ4v) is 3.08. The number of piperidine rings is 1. The lowest BCUT2D eigenvalue weighted by atomic mass is 9.94. The Hall–Kier alpha value is -2.15. The van der Waals surface area contributed by atoms with Crippen LogP contribution in [0.15, 0.2) is 24.3 Å². The second-order valence-corrected chi connectivity index (χ2v) is 5.60. The number of carbonyl (C=O) groups is 1. The first-order valence-electron chi connectivity index (χ1n) is 7.17. The molecule has 7 heteroatoms. The number of rotatable bonds is 2. The molecule has 2 unspecified atom stereocenters. The van der Waals surface area contributed by atoms with Crippen LogP contribution in [0.3, 0.4) is 0 Å². The number of carbonyl (C=O) groups excluding carboxylic acids is 1. The van der Waals surface area contributed by atoms with Crippen LogP contribution in [0.5, 0.6) is 0 Å². The molecule has 0 saturated carbocycles. The molecule has 2 amide bonds. The largest absolute Gasteiger partial charge is 0.323 e. The van der Waals surface area contributed by atoms with Crippen LogP contribution in [0.4, 0.5) is 16.2 Å². The van der Waals surface area contributed by atoms with Crippen molar-refractivity contribution in [3.8, 4) is 0 Å². The molecule has 21 heavy (non-hydrogen) atoms. The highest BCUT2D eigenvalue weighted by Gasteiger charge is 2.36. The van der Waals surface area contributed by atoms with Crippen LogP contribution in [0.25, 0.3) is 0 Å². The van der Waals surface area contributed by atoms with Gasteiger partial charge >= 0.3 is 6.03 Å². The first-order valence-corrected chi connectivity index (χ1v) is 7.17. The van der Waals surface area contributed by atoms with Crippen molar-refractivity contribution < 1.29 is 9.72 Å². The summed E-state index contributed by atoms with van der Waals surface area (Å²) in [5, 5.41) is 16.8. The first kappa shape index (κ1) is 13.8. The zero-order valence-corrected chi connectivity index (χ0v) is 11.6. The van der Waals surface area contributed by atoms with Crippen molar-refractivity contribution in [2.24, 2.45) is 5.92 Å². The molecule has 0 aliphatic carbocycles. The number of fused-ring (bicyclic) bond motifs is 1. The summed E-state index contributed by atoms with van der Waals surface area (Å²) in [5.74, 6) is 0.543. The van der Waals surface area contributed by atoms with Gasteiger partial charge in [-0.25, -0.2) is 4.79 Å². The van der Waals surface area contributed by atoms with Gasteiger partial charge in [-0.3, -0.25) is 10.1 Å². The SMILES string of the molecule is O=C(Nc1ccc([N+](=O)[O-])cc1)N1CC2CCCNC2C1. The van der Waals surface area contributed by atoms with E-state index in [0.29, 0.717) is 17.6 Å². The third-order valence-electron chi connectivity index (χ3n) is 4.22. The Kier molecular flexibility index (Phi) is 3.74. The molecule has 0 bridgehead atoms. The van der Waals surface area contributed by atoms with E-state index in [1.807, 2.05) is 4.90 Å². The van der Waals surface area contributed by atoms with E-state index in [9.17, 15) is 14.9 Å². The van der Waals surface area contributed by atoms with Crippen LogP contribution >= 0.6 is 0 Å². The van der Waals surface area contributed by atoms with Crippen LogP contribution in [-0.2, 0) is 0 Å². The summed E-state index contributed by atoms with van der Waals surface area (Å²) >= 11 is 0. The van der Waals surface area contributed by atoms with E-state index in [-0.39, 0.29) is 11.7 Å². The van der Waals surface area contributed by atoms with E-state index in [0.717, 1.165) is 19.6 Å². The average Bonchev–Trinajstić information content (AvgIpc) is 2.92. The van der Waals surface area contributed by atoms with Crippen LogP contribution in [-0.4, -0.2) is 41.5 Å². The Morgan fingerprint density at radius 1 is 1.33 bits per heavy atom. The van der Waals surface area contributed by atoms with Gasteiger partial charge in [0.15, 0.2) is 0 Å². The number of hydrogen-bond donors (Lipinski definition) is 2. The second kappa shape index (κ2) is 5.69. The smallest absolute Gasteiger partial charge is 0.321 e.